The molecular weight excluding hydrogens is 276 g/mol. The van der Waals surface area contributed by atoms with Crippen molar-refractivity contribution in [3.05, 3.63) is 71.3 Å². The number of rotatable bonds is 1. The molecule has 2 aromatic carbocycles. The first-order valence-electron chi connectivity index (χ1n) is 7.58. The van der Waals surface area contributed by atoms with Crippen LogP contribution in [0.2, 0.25) is 0 Å². The smallest absolute Gasteiger partial charge is 0.318 e. The Kier molecular flexibility index (Phi) is 2.89. The Hall–Kier alpha value is -2.42. The second-order valence-electron chi connectivity index (χ2n) is 6.10. The lowest BCUT2D eigenvalue weighted by atomic mass is 9.63. The second kappa shape index (κ2) is 4.80. The van der Waals surface area contributed by atoms with Crippen LogP contribution in [0.3, 0.4) is 0 Å². The van der Waals surface area contributed by atoms with E-state index in [9.17, 15) is 9.59 Å². The topological polar surface area (TPSA) is 43.4 Å². The van der Waals surface area contributed by atoms with Gasteiger partial charge in [0.1, 0.15) is 0 Å². The minimum absolute atomic E-state index is 0.000104. The molecule has 3 heteroatoms. The summed E-state index contributed by atoms with van der Waals surface area (Å²) in [6, 6.07) is 18.0. The standard InChI is InChI=1S/C19H16O3/c1-11-13-9-5-6-10-14(13)16(12-7-3-2-4-8-12)17-15(11)18(20)22-19(17)21/h2-11,15-17H,1H3. The van der Waals surface area contributed by atoms with Crippen molar-refractivity contribution in [3.63, 3.8) is 0 Å². The maximum absolute atomic E-state index is 12.3. The van der Waals surface area contributed by atoms with Crippen molar-refractivity contribution >= 4 is 11.9 Å². The van der Waals surface area contributed by atoms with Crippen molar-refractivity contribution in [2.45, 2.75) is 18.8 Å². The normalized spacial score (nSPS) is 29.7. The highest BCUT2D eigenvalue weighted by atomic mass is 16.6. The van der Waals surface area contributed by atoms with Gasteiger partial charge in [0.05, 0.1) is 11.8 Å². The maximum Gasteiger partial charge on any atom is 0.318 e. The summed E-state index contributed by atoms with van der Waals surface area (Å²) in [5, 5.41) is 0. The molecule has 110 valence electrons. The third kappa shape index (κ3) is 1.75. The minimum Gasteiger partial charge on any atom is -0.393 e. The van der Waals surface area contributed by atoms with E-state index in [2.05, 4.69) is 12.1 Å². The molecule has 1 heterocycles. The molecule has 0 N–H and O–H groups in total. The molecule has 22 heavy (non-hydrogen) atoms. The molecule has 1 fully saturated rings. The first-order valence-corrected chi connectivity index (χ1v) is 7.58. The predicted octanol–water partition coefficient (Wildman–Crippen LogP) is 3.25. The van der Waals surface area contributed by atoms with Crippen LogP contribution < -0.4 is 0 Å². The molecule has 0 amide bonds. The van der Waals surface area contributed by atoms with Crippen LogP contribution in [0.1, 0.15) is 35.4 Å². The molecule has 0 saturated carbocycles. The quantitative estimate of drug-likeness (QED) is 0.598. The van der Waals surface area contributed by atoms with Gasteiger partial charge in [-0.15, -0.1) is 0 Å². The maximum atomic E-state index is 12.3. The first-order chi connectivity index (χ1) is 10.7. The van der Waals surface area contributed by atoms with E-state index in [1.165, 1.54) is 0 Å². The zero-order valence-corrected chi connectivity index (χ0v) is 12.2. The van der Waals surface area contributed by atoms with Crippen molar-refractivity contribution in [2.24, 2.45) is 11.8 Å². The van der Waals surface area contributed by atoms with E-state index in [1.807, 2.05) is 49.4 Å². The van der Waals surface area contributed by atoms with Gasteiger partial charge in [-0.2, -0.15) is 0 Å². The SMILES string of the molecule is CC1c2ccccc2C(c2ccccc2)C2C(=O)OC(=O)C12. The van der Waals surface area contributed by atoms with E-state index in [0.29, 0.717) is 0 Å². The second-order valence-corrected chi connectivity index (χ2v) is 6.10. The summed E-state index contributed by atoms with van der Waals surface area (Å²) in [5.41, 5.74) is 3.34. The Morgan fingerprint density at radius 2 is 1.36 bits per heavy atom. The van der Waals surface area contributed by atoms with Crippen LogP contribution in [0, 0.1) is 11.8 Å². The monoisotopic (exact) mass is 292 g/mol. The molecular formula is C19H16O3. The van der Waals surface area contributed by atoms with Gasteiger partial charge in [0.25, 0.3) is 0 Å². The number of hydrogen-bond acceptors (Lipinski definition) is 3. The number of carbonyl (C=O) groups excluding carboxylic acids is 2. The van der Waals surface area contributed by atoms with E-state index >= 15 is 0 Å². The van der Waals surface area contributed by atoms with E-state index < -0.39 is 5.92 Å². The van der Waals surface area contributed by atoms with Crippen LogP contribution in [0.15, 0.2) is 54.6 Å². The molecule has 1 aliphatic carbocycles. The van der Waals surface area contributed by atoms with Gasteiger partial charge >= 0.3 is 11.9 Å². The van der Waals surface area contributed by atoms with Crippen molar-refractivity contribution < 1.29 is 14.3 Å². The fourth-order valence-corrected chi connectivity index (χ4v) is 4.03. The molecule has 0 radical (unpaired) electrons. The summed E-state index contributed by atoms with van der Waals surface area (Å²) in [6.45, 7) is 2.01. The van der Waals surface area contributed by atoms with Gasteiger partial charge in [0.15, 0.2) is 0 Å². The third-order valence-electron chi connectivity index (χ3n) is 5.01. The van der Waals surface area contributed by atoms with E-state index in [4.69, 9.17) is 4.74 Å². The minimum atomic E-state index is -0.417. The van der Waals surface area contributed by atoms with Crippen LogP contribution in [0.5, 0.6) is 0 Å². The first kappa shape index (κ1) is 13.3. The highest BCUT2D eigenvalue weighted by Gasteiger charge is 2.55. The average Bonchev–Trinajstić information content (AvgIpc) is 2.84. The summed E-state index contributed by atoms with van der Waals surface area (Å²) in [7, 11) is 0. The fourth-order valence-electron chi connectivity index (χ4n) is 4.03. The highest BCUT2D eigenvalue weighted by molar-refractivity contribution is 5.98. The lowest BCUT2D eigenvalue weighted by Gasteiger charge is -2.36. The van der Waals surface area contributed by atoms with Gasteiger partial charge in [-0.25, -0.2) is 0 Å². The van der Waals surface area contributed by atoms with Gasteiger partial charge in [-0.1, -0.05) is 61.5 Å². The number of carbonyl (C=O) groups is 2. The molecule has 4 atom stereocenters. The third-order valence-corrected chi connectivity index (χ3v) is 5.01. The summed E-state index contributed by atoms with van der Waals surface area (Å²) >= 11 is 0. The van der Waals surface area contributed by atoms with E-state index in [0.717, 1.165) is 16.7 Å². The van der Waals surface area contributed by atoms with Crippen molar-refractivity contribution in [2.75, 3.05) is 0 Å². The molecule has 4 rings (SSSR count). The Morgan fingerprint density at radius 1 is 0.773 bits per heavy atom. The fraction of sp³-hybridized carbons (Fsp3) is 0.263. The van der Waals surface area contributed by atoms with Gasteiger partial charge in [-0.05, 0) is 22.6 Å². The predicted molar refractivity (Wildman–Crippen MR) is 81.2 cm³/mol. The van der Waals surface area contributed by atoms with E-state index in [-0.39, 0.29) is 29.7 Å². The zero-order chi connectivity index (χ0) is 15.3. The molecule has 4 unspecified atom stereocenters. The van der Waals surface area contributed by atoms with Crippen molar-refractivity contribution in [1.29, 1.82) is 0 Å². The Balaban J connectivity index is 1.96. The molecule has 3 nitrogen and oxygen atoms in total. The van der Waals surface area contributed by atoms with Crippen molar-refractivity contribution in [3.8, 4) is 0 Å². The van der Waals surface area contributed by atoms with E-state index in [1.54, 1.807) is 0 Å². The summed E-state index contributed by atoms with van der Waals surface area (Å²) in [6.07, 6.45) is 0. The van der Waals surface area contributed by atoms with Crippen LogP contribution in [0.25, 0.3) is 0 Å². The number of cyclic esters (lactones) is 2. The molecule has 1 aliphatic heterocycles. The van der Waals surface area contributed by atoms with Crippen LogP contribution in [0.4, 0.5) is 0 Å². The molecule has 2 aliphatic rings. The number of ether oxygens (including phenoxy) is 1. The number of hydrogen-bond donors (Lipinski definition) is 0. The number of fused-ring (bicyclic) bond motifs is 2. The summed E-state index contributed by atoms with van der Waals surface area (Å²) < 4.78 is 4.98. The molecule has 0 bridgehead atoms. The van der Waals surface area contributed by atoms with Gasteiger partial charge < -0.3 is 4.74 Å². The molecule has 1 saturated heterocycles. The summed E-state index contributed by atoms with van der Waals surface area (Å²) in [4.78, 5) is 24.5. The summed E-state index contributed by atoms with van der Waals surface area (Å²) in [5.74, 6) is -1.67. The van der Waals surface area contributed by atoms with Gasteiger partial charge in [-0.3, -0.25) is 9.59 Å². The molecule has 0 aromatic heterocycles. The Morgan fingerprint density at radius 3 is 2.09 bits per heavy atom. The number of benzene rings is 2. The number of esters is 2. The van der Waals surface area contributed by atoms with Gasteiger partial charge in [0.2, 0.25) is 0 Å². The van der Waals surface area contributed by atoms with Crippen molar-refractivity contribution in [1.82, 2.24) is 0 Å². The average molecular weight is 292 g/mol. The lowest BCUT2D eigenvalue weighted by molar-refractivity contribution is -0.153. The highest BCUT2D eigenvalue weighted by Crippen LogP contribution is 2.52. The molecule has 2 aromatic rings. The Bertz CT molecular complexity index is 750. The lowest BCUT2D eigenvalue weighted by Crippen LogP contribution is -2.34. The zero-order valence-electron chi connectivity index (χ0n) is 12.2. The Labute approximate surface area is 128 Å². The van der Waals surface area contributed by atoms with Crippen LogP contribution in [-0.4, -0.2) is 11.9 Å². The van der Waals surface area contributed by atoms with Gasteiger partial charge in [0, 0.05) is 5.92 Å². The molecule has 0 spiro atoms. The van der Waals surface area contributed by atoms with Crippen LogP contribution in [-0.2, 0) is 14.3 Å². The van der Waals surface area contributed by atoms with Crippen LogP contribution >= 0.6 is 0 Å². The largest absolute Gasteiger partial charge is 0.393 e.